The highest BCUT2D eigenvalue weighted by atomic mass is 16.5. The Morgan fingerprint density at radius 3 is 2.12 bits per heavy atom. The molecule has 5 heteroatoms. The van der Waals surface area contributed by atoms with Crippen LogP contribution in [-0.4, -0.2) is 21.1 Å². The second-order valence-corrected chi connectivity index (χ2v) is 13.5. The molecule has 1 aliphatic carbocycles. The number of benzene rings is 7. The van der Waals surface area contributed by atoms with Crippen LogP contribution in [0.15, 0.2) is 168 Å². The molecular weight excluding hydrogens is 639 g/mol. The van der Waals surface area contributed by atoms with Crippen LogP contribution in [0, 0.1) is 0 Å². The lowest BCUT2D eigenvalue weighted by Gasteiger charge is -2.15. The van der Waals surface area contributed by atoms with Gasteiger partial charge in [-0.15, -0.1) is 0 Å². The largest absolute Gasteiger partial charge is 0.485 e. The van der Waals surface area contributed by atoms with Crippen LogP contribution in [0.1, 0.15) is 11.5 Å². The molecule has 0 N–H and O–H groups in total. The van der Waals surface area contributed by atoms with Gasteiger partial charge in [-0.1, -0.05) is 127 Å². The van der Waals surface area contributed by atoms with Gasteiger partial charge in [0.15, 0.2) is 17.5 Å². The predicted octanol–water partition coefficient (Wildman–Crippen LogP) is 11.7. The van der Waals surface area contributed by atoms with E-state index in [1.807, 2.05) is 42.5 Å². The minimum Gasteiger partial charge on any atom is -0.485 e. The molecule has 2 atom stereocenters. The van der Waals surface area contributed by atoms with Crippen LogP contribution in [0.3, 0.4) is 0 Å². The number of hydrogen-bond donors (Lipinski definition) is 0. The minimum atomic E-state index is 0.0227. The monoisotopic (exact) mass is 667 g/mol. The molecule has 2 aliphatic rings. The molecule has 0 amide bonds. The predicted molar refractivity (Wildman–Crippen MR) is 209 cm³/mol. The molecule has 0 saturated heterocycles. The van der Waals surface area contributed by atoms with E-state index in [-0.39, 0.29) is 12.0 Å². The van der Waals surface area contributed by atoms with E-state index >= 15 is 0 Å². The van der Waals surface area contributed by atoms with Crippen molar-refractivity contribution in [3.63, 3.8) is 0 Å². The first-order chi connectivity index (χ1) is 25.7. The first-order valence-electron chi connectivity index (χ1n) is 17.6. The Balaban J connectivity index is 1.08. The topological polar surface area (TPSA) is 61.0 Å². The minimum absolute atomic E-state index is 0.0227. The Labute approximate surface area is 299 Å². The molecule has 52 heavy (non-hydrogen) atoms. The number of aromatic nitrogens is 3. The number of furan rings is 1. The Hall–Kier alpha value is -6.85. The van der Waals surface area contributed by atoms with Crippen LogP contribution in [0.2, 0.25) is 0 Å². The van der Waals surface area contributed by atoms with Crippen molar-refractivity contribution >= 4 is 43.5 Å². The summed E-state index contributed by atoms with van der Waals surface area (Å²) in [5.41, 5.74) is 7.79. The number of allylic oxidation sites excluding steroid dienone is 2. The van der Waals surface area contributed by atoms with Crippen LogP contribution >= 0.6 is 0 Å². The van der Waals surface area contributed by atoms with Crippen LogP contribution in [0.25, 0.3) is 88.8 Å². The summed E-state index contributed by atoms with van der Waals surface area (Å²) in [6.45, 7) is 0. The maximum atomic E-state index is 6.62. The van der Waals surface area contributed by atoms with E-state index in [9.17, 15) is 0 Å². The SMILES string of the molecule is C1=CC2c3c(cc(-c4ccc5c(c4)oc4cccc(-c6nc(-c7ccccc7)nc(-c7ccc8ccccc8c7)n6)c45)c4ccccc34)O[C@@H]2C=C1. The maximum absolute atomic E-state index is 6.62. The zero-order valence-corrected chi connectivity index (χ0v) is 27.9. The van der Waals surface area contributed by atoms with Crippen molar-refractivity contribution in [2.45, 2.75) is 12.0 Å². The van der Waals surface area contributed by atoms with E-state index < -0.39 is 0 Å². The number of rotatable bonds is 4. The maximum Gasteiger partial charge on any atom is 0.164 e. The highest BCUT2D eigenvalue weighted by Gasteiger charge is 2.34. The van der Waals surface area contributed by atoms with Gasteiger partial charge in [0.25, 0.3) is 0 Å². The van der Waals surface area contributed by atoms with Gasteiger partial charge in [0.2, 0.25) is 0 Å². The molecule has 0 saturated carbocycles. The van der Waals surface area contributed by atoms with Crippen LogP contribution in [0.5, 0.6) is 5.75 Å². The van der Waals surface area contributed by atoms with Gasteiger partial charge >= 0.3 is 0 Å². The van der Waals surface area contributed by atoms with Crippen LogP contribution < -0.4 is 4.74 Å². The quantitative estimate of drug-likeness (QED) is 0.187. The third-order valence-corrected chi connectivity index (χ3v) is 10.5. The van der Waals surface area contributed by atoms with Gasteiger partial charge in [-0.2, -0.15) is 0 Å². The molecule has 1 aliphatic heterocycles. The van der Waals surface area contributed by atoms with Gasteiger partial charge < -0.3 is 9.15 Å². The first kappa shape index (κ1) is 28.9. The van der Waals surface area contributed by atoms with Crippen LogP contribution in [0.4, 0.5) is 0 Å². The number of ether oxygens (including phenoxy) is 1. The lowest BCUT2D eigenvalue weighted by Crippen LogP contribution is -2.15. The highest BCUT2D eigenvalue weighted by molar-refractivity contribution is 6.13. The average molecular weight is 668 g/mol. The molecule has 1 unspecified atom stereocenters. The van der Waals surface area contributed by atoms with Crippen molar-refractivity contribution in [1.82, 2.24) is 15.0 Å². The van der Waals surface area contributed by atoms with Crippen molar-refractivity contribution in [3.05, 3.63) is 169 Å². The van der Waals surface area contributed by atoms with Crippen molar-refractivity contribution in [1.29, 1.82) is 0 Å². The molecule has 0 fully saturated rings. The average Bonchev–Trinajstić information content (AvgIpc) is 3.78. The Bertz CT molecular complexity index is 2960. The van der Waals surface area contributed by atoms with Gasteiger partial charge in [-0.3, -0.25) is 0 Å². The number of fused-ring (bicyclic) bond motifs is 9. The molecule has 3 heterocycles. The smallest absolute Gasteiger partial charge is 0.164 e. The lowest BCUT2D eigenvalue weighted by molar-refractivity contribution is 0.269. The summed E-state index contributed by atoms with van der Waals surface area (Å²) < 4.78 is 13.1. The van der Waals surface area contributed by atoms with Gasteiger partial charge in [-0.05, 0) is 69.1 Å². The van der Waals surface area contributed by atoms with Gasteiger partial charge in [0.05, 0.1) is 0 Å². The van der Waals surface area contributed by atoms with E-state index in [1.54, 1.807) is 0 Å². The number of hydrogen-bond acceptors (Lipinski definition) is 5. The van der Waals surface area contributed by atoms with Crippen molar-refractivity contribution in [2.24, 2.45) is 0 Å². The van der Waals surface area contributed by atoms with E-state index in [2.05, 4.69) is 121 Å². The lowest BCUT2D eigenvalue weighted by atomic mass is 9.86. The second-order valence-electron chi connectivity index (χ2n) is 13.5. The van der Waals surface area contributed by atoms with Crippen molar-refractivity contribution < 1.29 is 9.15 Å². The summed E-state index contributed by atoms with van der Waals surface area (Å²) in [6.07, 6.45) is 8.62. The fourth-order valence-electron chi connectivity index (χ4n) is 8.01. The molecule has 2 aromatic heterocycles. The molecule has 7 aromatic carbocycles. The second kappa shape index (κ2) is 11.3. The van der Waals surface area contributed by atoms with E-state index in [0.29, 0.717) is 17.5 Å². The molecule has 244 valence electrons. The third-order valence-electron chi connectivity index (χ3n) is 10.5. The summed E-state index contributed by atoms with van der Waals surface area (Å²) in [6, 6.07) is 48.2. The van der Waals surface area contributed by atoms with Gasteiger partial charge in [0, 0.05) is 38.9 Å². The molecule has 11 rings (SSSR count). The van der Waals surface area contributed by atoms with Gasteiger partial charge in [0.1, 0.15) is 23.0 Å². The summed E-state index contributed by atoms with van der Waals surface area (Å²) in [7, 11) is 0. The normalized spacial score (nSPS) is 16.1. The molecular formula is C47H29N3O2. The Morgan fingerprint density at radius 2 is 1.21 bits per heavy atom. The first-order valence-corrected chi connectivity index (χ1v) is 17.6. The zero-order valence-electron chi connectivity index (χ0n) is 27.9. The number of nitrogens with zero attached hydrogens (tertiary/aromatic N) is 3. The van der Waals surface area contributed by atoms with E-state index in [1.165, 1.54) is 21.7 Å². The summed E-state index contributed by atoms with van der Waals surface area (Å²) in [5.74, 6) is 3.00. The van der Waals surface area contributed by atoms with E-state index in [0.717, 1.165) is 60.9 Å². The van der Waals surface area contributed by atoms with Gasteiger partial charge in [-0.25, -0.2) is 15.0 Å². The fraction of sp³-hybridized carbons (Fsp3) is 0.0426. The molecule has 5 nitrogen and oxygen atoms in total. The summed E-state index contributed by atoms with van der Waals surface area (Å²) >= 11 is 0. The Kier molecular flexibility index (Phi) is 6.31. The third kappa shape index (κ3) is 4.53. The Morgan fingerprint density at radius 1 is 0.462 bits per heavy atom. The summed E-state index contributed by atoms with van der Waals surface area (Å²) in [5, 5.41) is 6.71. The standard InChI is InChI=1S/C47H29N3O2/c1-2-12-29(13-3-1)45-48-46(32-22-21-28-11-4-5-14-30(28)25-32)50-47(49-45)37-18-10-20-40-44(37)36-24-23-31(26-41(36)52-40)38-27-42-43(34-16-7-6-15-33(34)38)35-17-8-9-19-39(35)51-42/h1-27,35,39H/t35?,39-/m1/s1. The molecule has 9 aromatic rings. The van der Waals surface area contributed by atoms with Crippen molar-refractivity contribution in [3.8, 4) is 51.0 Å². The van der Waals surface area contributed by atoms with Crippen LogP contribution in [-0.2, 0) is 0 Å². The van der Waals surface area contributed by atoms with E-state index in [4.69, 9.17) is 24.1 Å². The molecule has 0 bridgehead atoms. The van der Waals surface area contributed by atoms with Crippen molar-refractivity contribution in [2.75, 3.05) is 0 Å². The highest BCUT2D eigenvalue weighted by Crippen LogP contribution is 2.49. The zero-order chi connectivity index (χ0) is 34.2. The molecule has 0 spiro atoms. The summed E-state index contributed by atoms with van der Waals surface area (Å²) in [4.78, 5) is 15.2. The molecule has 0 radical (unpaired) electrons. The fourth-order valence-corrected chi connectivity index (χ4v) is 8.01.